The summed E-state index contributed by atoms with van der Waals surface area (Å²) in [6, 6.07) is 11.3. The molecule has 7 nitrogen and oxygen atoms in total. The molecule has 2 aliphatic heterocycles. The highest BCUT2D eigenvalue weighted by Gasteiger charge is 2.47. The maximum Gasteiger partial charge on any atom is 0.329 e. The average molecular weight is 540 g/mol. The van der Waals surface area contributed by atoms with E-state index in [2.05, 4.69) is 11.0 Å². The average Bonchev–Trinajstić information content (AvgIpc) is 3.30. The normalized spacial score (nSPS) is 20.6. The first kappa shape index (κ1) is 28.5. The van der Waals surface area contributed by atoms with Crippen molar-refractivity contribution < 1.29 is 28.2 Å². The molecule has 39 heavy (non-hydrogen) atoms. The van der Waals surface area contributed by atoms with Crippen LogP contribution in [0.3, 0.4) is 0 Å². The van der Waals surface area contributed by atoms with E-state index < -0.39 is 28.9 Å². The smallest absolute Gasteiger partial charge is 0.329 e. The minimum absolute atomic E-state index is 0.215. The van der Waals surface area contributed by atoms with E-state index in [0.29, 0.717) is 30.9 Å². The van der Waals surface area contributed by atoms with E-state index in [0.717, 1.165) is 25.9 Å². The molecule has 0 saturated carbocycles. The second-order valence-corrected chi connectivity index (χ2v) is 11.4. The van der Waals surface area contributed by atoms with E-state index in [4.69, 9.17) is 4.74 Å². The number of carbonyl (C=O) groups excluding carboxylic acids is 1. The van der Waals surface area contributed by atoms with Crippen molar-refractivity contribution in [2.45, 2.75) is 57.7 Å². The van der Waals surface area contributed by atoms with Crippen molar-refractivity contribution in [3.05, 3.63) is 53.3 Å². The molecule has 1 atom stereocenters. The summed E-state index contributed by atoms with van der Waals surface area (Å²) in [7, 11) is 0. The molecule has 4 rings (SSSR count). The number of nitriles is 1. The molecule has 1 unspecified atom stereocenters. The molecule has 0 radical (unpaired) electrons. The maximum absolute atomic E-state index is 15.1. The molecular weight excluding hydrogens is 504 g/mol. The Morgan fingerprint density at radius 3 is 2.56 bits per heavy atom. The first-order chi connectivity index (χ1) is 18.4. The molecule has 208 valence electrons. The van der Waals surface area contributed by atoms with Gasteiger partial charge in [0.1, 0.15) is 28.8 Å². The van der Waals surface area contributed by atoms with Crippen LogP contribution in [0.4, 0.5) is 8.78 Å². The zero-order valence-corrected chi connectivity index (χ0v) is 22.7. The Labute approximate surface area is 228 Å². The van der Waals surface area contributed by atoms with E-state index in [-0.39, 0.29) is 35.6 Å². The molecule has 2 saturated heterocycles. The van der Waals surface area contributed by atoms with Gasteiger partial charge in [-0.1, -0.05) is 18.2 Å². The summed E-state index contributed by atoms with van der Waals surface area (Å²) in [5.41, 5.74) is -1.87. The number of rotatable bonds is 8. The Bertz CT molecular complexity index is 1280. The molecule has 1 amide bonds. The number of carboxylic acid groups (broad SMARTS) is 1. The molecule has 0 spiro atoms. The number of hydrogen-bond acceptors (Lipinski definition) is 5. The zero-order chi connectivity index (χ0) is 28.4. The molecule has 0 bridgehead atoms. The fourth-order valence-corrected chi connectivity index (χ4v) is 5.59. The van der Waals surface area contributed by atoms with Crippen LogP contribution < -0.4 is 4.74 Å². The molecule has 1 N–H and O–H groups in total. The molecular formula is C30H35F2N3O4. The number of amides is 1. The Morgan fingerprint density at radius 2 is 1.92 bits per heavy atom. The Hall–Kier alpha value is -3.51. The van der Waals surface area contributed by atoms with Crippen molar-refractivity contribution in [3.63, 3.8) is 0 Å². The SMILES string of the molecule is CC(C)(F)CN1CCC(COc2ccc(-c3cccc(F)c3C(=O)N3CCCC3(C)C(=O)O)cc2C#N)CC1. The summed E-state index contributed by atoms with van der Waals surface area (Å²) >= 11 is 0. The van der Waals surface area contributed by atoms with Gasteiger partial charge in [-0.05, 0) is 94.8 Å². The number of ether oxygens (including phenoxy) is 1. The molecule has 2 aromatic carbocycles. The first-order valence-electron chi connectivity index (χ1n) is 13.4. The second kappa shape index (κ2) is 11.3. The molecule has 2 aliphatic rings. The number of likely N-dealkylation sites (tertiary alicyclic amines) is 2. The van der Waals surface area contributed by atoms with Gasteiger partial charge in [-0.2, -0.15) is 5.26 Å². The summed E-state index contributed by atoms with van der Waals surface area (Å²) < 4.78 is 35.0. The topological polar surface area (TPSA) is 93.9 Å². The number of aliphatic carboxylic acids is 1. The fourth-order valence-electron chi connectivity index (χ4n) is 5.59. The van der Waals surface area contributed by atoms with Gasteiger partial charge in [0.15, 0.2) is 0 Å². The van der Waals surface area contributed by atoms with Crippen molar-refractivity contribution >= 4 is 11.9 Å². The molecule has 9 heteroatoms. The van der Waals surface area contributed by atoms with E-state index in [1.807, 2.05) is 0 Å². The van der Waals surface area contributed by atoms with Gasteiger partial charge in [-0.15, -0.1) is 0 Å². The monoisotopic (exact) mass is 539 g/mol. The molecule has 0 aliphatic carbocycles. The summed E-state index contributed by atoms with van der Waals surface area (Å²) in [5.74, 6) is -1.88. The third-order valence-corrected chi connectivity index (χ3v) is 7.77. The van der Waals surface area contributed by atoms with Crippen LogP contribution in [0.5, 0.6) is 5.75 Å². The minimum atomic E-state index is -1.41. The lowest BCUT2D eigenvalue weighted by molar-refractivity contribution is -0.147. The van der Waals surface area contributed by atoms with E-state index >= 15 is 4.39 Å². The predicted molar refractivity (Wildman–Crippen MR) is 143 cm³/mol. The highest BCUT2D eigenvalue weighted by atomic mass is 19.1. The number of carboxylic acids is 1. The van der Waals surface area contributed by atoms with Crippen LogP contribution in [0.25, 0.3) is 11.1 Å². The fraction of sp³-hybridized carbons (Fsp3) is 0.500. The Balaban J connectivity index is 1.52. The number of benzene rings is 2. The maximum atomic E-state index is 15.1. The highest BCUT2D eigenvalue weighted by molar-refractivity contribution is 6.03. The van der Waals surface area contributed by atoms with Gasteiger partial charge in [-0.25, -0.2) is 13.6 Å². The van der Waals surface area contributed by atoms with Crippen LogP contribution in [0, 0.1) is 23.1 Å². The quantitative estimate of drug-likeness (QED) is 0.491. The van der Waals surface area contributed by atoms with Crippen LogP contribution in [-0.2, 0) is 4.79 Å². The predicted octanol–water partition coefficient (Wildman–Crippen LogP) is 5.28. The minimum Gasteiger partial charge on any atom is -0.492 e. The lowest BCUT2D eigenvalue weighted by atomic mass is 9.94. The lowest BCUT2D eigenvalue weighted by Gasteiger charge is -2.34. The molecule has 0 aromatic heterocycles. The van der Waals surface area contributed by atoms with E-state index in [1.165, 1.54) is 24.0 Å². The van der Waals surface area contributed by atoms with Crippen molar-refractivity contribution in [2.75, 3.05) is 32.8 Å². The highest BCUT2D eigenvalue weighted by Crippen LogP contribution is 2.36. The summed E-state index contributed by atoms with van der Waals surface area (Å²) in [4.78, 5) is 28.7. The standard InChI is InChI=1S/C30H35F2N3O4/c1-29(2,32)19-34-14-10-20(11-15-34)18-39-25-9-8-21(16-22(25)17-33)23-6-4-7-24(31)26(23)27(36)35-13-5-12-30(35,3)28(37)38/h4,6-9,16,20H,5,10-15,18-19H2,1-3H3,(H,37,38). The molecule has 2 heterocycles. The Morgan fingerprint density at radius 1 is 1.21 bits per heavy atom. The van der Waals surface area contributed by atoms with E-state index in [9.17, 15) is 24.3 Å². The number of alkyl halides is 1. The molecule has 2 fully saturated rings. The van der Waals surface area contributed by atoms with Gasteiger partial charge in [-0.3, -0.25) is 4.79 Å². The van der Waals surface area contributed by atoms with Gasteiger partial charge < -0.3 is 19.6 Å². The van der Waals surface area contributed by atoms with Crippen molar-refractivity contribution in [3.8, 4) is 22.9 Å². The number of hydrogen-bond donors (Lipinski definition) is 1. The largest absolute Gasteiger partial charge is 0.492 e. The van der Waals surface area contributed by atoms with E-state index in [1.54, 1.807) is 38.1 Å². The lowest BCUT2D eigenvalue weighted by Crippen LogP contribution is -2.51. The van der Waals surface area contributed by atoms with Crippen LogP contribution in [0.1, 0.15) is 62.4 Å². The van der Waals surface area contributed by atoms with Crippen LogP contribution >= 0.6 is 0 Å². The summed E-state index contributed by atoms with van der Waals surface area (Å²) in [6.45, 7) is 7.27. The van der Waals surface area contributed by atoms with Crippen LogP contribution in [0.2, 0.25) is 0 Å². The first-order valence-corrected chi connectivity index (χ1v) is 13.4. The number of nitrogens with zero attached hydrogens (tertiary/aromatic N) is 3. The van der Waals surface area contributed by atoms with Crippen LogP contribution in [0.15, 0.2) is 36.4 Å². The number of carbonyl (C=O) groups is 2. The van der Waals surface area contributed by atoms with Gasteiger partial charge in [0.25, 0.3) is 5.91 Å². The van der Waals surface area contributed by atoms with Gasteiger partial charge in [0.2, 0.25) is 0 Å². The van der Waals surface area contributed by atoms with Crippen molar-refractivity contribution in [1.29, 1.82) is 5.26 Å². The van der Waals surface area contributed by atoms with Crippen molar-refractivity contribution in [1.82, 2.24) is 9.80 Å². The zero-order valence-electron chi connectivity index (χ0n) is 22.7. The van der Waals surface area contributed by atoms with Gasteiger partial charge >= 0.3 is 5.97 Å². The van der Waals surface area contributed by atoms with Crippen molar-refractivity contribution in [2.24, 2.45) is 5.92 Å². The number of piperidine rings is 1. The number of halogens is 2. The van der Waals surface area contributed by atoms with Gasteiger partial charge in [0.05, 0.1) is 17.7 Å². The van der Waals surface area contributed by atoms with Crippen LogP contribution in [-0.4, -0.2) is 70.8 Å². The summed E-state index contributed by atoms with van der Waals surface area (Å²) in [5, 5.41) is 19.6. The van der Waals surface area contributed by atoms with Gasteiger partial charge in [0, 0.05) is 13.1 Å². The Kier molecular flexibility index (Phi) is 8.26. The summed E-state index contributed by atoms with van der Waals surface area (Å²) in [6.07, 6.45) is 2.54. The third kappa shape index (κ3) is 6.22. The third-order valence-electron chi connectivity index (χ3n) is 7.77. The molecule has 2 aromatic rings. The second-order valence-electron chi connectivity index (χ2n) is 11.4.